The Morgan fingerprint density at radius 3 is 2.33 bits per heavy atom. The second-order valence-electron chi connectivity index (χ2n) is 3.99. The number of halogens is 6. The van der Waals surface area contributed by atoms with Crippen LogP contribution in [0, 0.1) is 4.91 Å². The molecule has 1 fully saturated rings. The molecule has 1 unspecified atom stereocenters. The lowest BCUT2D eigenvalue weighted by Gasteiger charge is -2.33. The molecule has 6 nitrogen and oxygen atoms in total. The van der Waals surface area contributed by atoms with Gasteiger partial charge in [-0.15, -0.1) is 0 Å². The second-order valence-corrected chi connectivity index (χ2v) is 4.94. The third-order valence-corrected chi connectivity index (χ3v) is 2.86. The molecule has 1 aliphatic heterocycles. The highest BCUT2D eigenvalue weighted by Gasteiger charge is 2.75. The minimum Gasteiger partial charge on any atom is -0.331 e. The minimum atomic E-state index is -4.67. The number of nitrogens with zero attached hydrogens (tertiary/aromatic N) is 1. The smallest absolute Gasteiger partial charge is 0.331 e. The lowest BCUT2D eigenvalue weighted by molar-refractivity contribution is -0.992. The van der Waals surface area contributed by atoms with Crippen molar-refractivity contribution < 1.29 is 41.8 Å². The predicted molar refractivity (Wildman–Crippen MR) is 60.7 cm³/mol. The lowest BCUT2D eigenvalue weighted by Crippen LogP contribution is -2.57. The van der Waals surface area contributed by atoms with E-state index in [-0.39, 0.29) is 6.61 Å². The van der Waals surface area contributed by atoms with E-state index in [1.165, 1.54) is 0 Å². The van der Waals surface area contributed by atoms with Crippen LogP contribution in [0.1, 0.15) is 19.8 Å². The van der Waals surface area contributed by atoms with E-state index in [1.54, 1.807) is 0 Å². The average molecular weight is 361 g/mol. The fourth-order valence-corrected chi connectivity index (χ4v) is 1.84. The molecule has 21 heavy (non-hydrogen) atoms. The fraction of sp³-hybridized carbons (Fsp3) is 1.00. The standard InChI is InChI=1S/C9H12Cl2F4NO5/c1-2-3-4-19-16(17)21-6-5-18-7(20-6,8(10,12)13)9(11,14)15/h6H,2-5H2,1H3/q+1. The topological polar surface area (TPSA) is 57.0 Å². The molecule has 0 aliphatic carbocycles. The van der Waals surface area contributed by atoms with E-state index in [9.17, 15) is 22.5 Å². The van der Waals surface area contributed by atoms with Crippen LogP contribution in [0.15, 0.2) is 0 Å². The molecule has 0 amide bonds. The minimum absolute atomic E-state index is 0.0178. The molecule has 1 rings (SSSR count). The van der Waals surface area contributed by atoms with Gasteiger partial charge in [0.25, 0.3) is 0 Å². The summed E-state index contributed by atoms with van der Waals surface area (Å²) in [6, 6.07) is 0. The molecule has 0 aromatic rings. The first-order valence-electron chi connectivity index (χ1n) is 5.75. The van der Waals surface area contributed by atoms with E-state index < -0.39 is 34.5 Å². The van der Waals surface area contributed by atoms with Gasteiger partial charge in [-0.2, -0.15) is 27.2 Å². The van der Waals surface area contributed by atoms with Gasteiger partial charge in [0.05, 0.1) is 0 Å². The van der Waals surface area contributed by atoms with Crippen LogP contribution in [0.2, 0.25) is 0 Å². The number of hydrogen-bond donors (Lipinski definition) is 0. The van der Waals surface area contributed by atoms with Crippen LogP contribution in [-0.4, -0.2) is 41.1 Å². The molecule has 1 heterocycles. The van der Waals surface area contributed by atoms with E-state index in [4.69, 9.17) is 0 Å². The van der Waals surface area contributed by atoms with Crippen molar-refractivity contribution in [3.63, 3.8) is 0 Å². The van der Waals surface area contributed by atoms with Crippen molar-refractivity contribution in [1.29, 1.82) is 0 Å². The van der Waals surface area contributed by atoms with Crippen molar-refractivity contribution in [1.82, 2.24) is 0 Å². The zero-order valence-corrected chi connectivity index (χ0v) is 12.2. The lowest BCUT2D eigenvalue weighted by atomic mass is 10.3. The summed E-state index contributed by atoms with van der Waals surface area (Å²) in [5, 5.41) is -9.79. The Labute approximate surface area is 126 Å². The molecular weight excluding hydrogens is 349 g/mol. The Morgan fingerprint density at radius 1 is 1.33 bits per heavy atom. The number of unbranched alkanes of at least 4 members (excludes halogenated alkanes) is 1. The zero-order valence-electron chi connectivity index (χ0n) is 10.7. The molecule has 1 atom stereocenters. The van der Waals surface area contributed by atoms with Crippen LogP contribution >= 0.6 is 23.2 Å². The molecule has 0 bridgehead atoms. The van der Waals surface area contributed by atoms with Gasteiger partial charge in [0.1, 0.15) is 11.5 Å². The van der Waals surface area contributed by atoms with Crippen molar-refractivity contribution in [3.05, 3.63) is 4.91 Å². The summed E-state index contributed by atoms with van der Waals surface area (Å²) < 4.78 is 60.8. The van der Waals surface area contributed by atoms with Crippen LogP contribution in [0.5, 0.6) is 0 Å². The molecule has 0 saturated carbocycles. The van der Waals surface area contributed by atoms with Gasteiger partial charge < -0.3 is 4.74 Å². The molecule has 0 aromatic carbocycles. The highest BCUT2D eigenvalue weighted by atomic mass is 35.5. The van der Waals surface area contributed by atoms with E-state index in [0.29, 0.717) is 6.42 Å². The maximum absolute atomic E-state index is 13.1. The SMILES string of the molecule is CCCCO[N+](=O)OC1COC(C(F)(F)Cl)(C(F)(F)Cl)O1. The second kappa shape index (κ2) is 6.67. The number of rotatable bonds is 8. The first-order chi connectivity index (χ1) is 9.53. The molecule has 1 saturated heterocycles. The Morgan fingerprint density at radius 2 is 1.90 bits per heavy atom. The van der Waals surface area contributed by atoms with E-state index in [1.807, 2.05) is 6.92 Å². The summed E-state index contributed by atoms with van der Waals surface area (Å²) in [6.45, 7) is 0.878. The van der Waals surface area contributed by atoms with Crippen molar-refractivity contribution in [2.24, 2.45) is 0 Å². The summed E-state index contributed by atoms with van der Waals surface area (Å²) in [5.74, 6) is -3.96. The molecule has 0 N–H and O–H groups in total. The first-order valence-corrected chi connectivity index (χ1v) is 6.51. The third-order valence-electron chi connectivity index (χ3n) is 2.36. The largest absolute Gasteiger partial charge is 0.480 e. The Kier molecular flexibility index (Phi) is 5.87. The Balaban J connectivity index is 2.66. The van der Waals surface area contributed by atoms with Gasteiger partial charge in [-0.05, 0) is 29.6 Å². The highest BCUT2D eigenvalue weighted by Crippen LogP contribution is 2.52. The molecule has 124 valence electrons. The van der Waals surface area contributed by atoms with Crippen molar-refractivity contribution >= 4 is 23.2 Å². The van der Waals surface area contributed by atoms with E-state index >= 15 is 0 Å². The molecule has 0 aromatic heterocycles. The molecule has 12 heteroatoms. The summed E-state index contributed by atoms with van der Waals surface area (Å²) >= 11 is 9.12. The molecule has 1 aliphatic rings. The molecule has 0 spiro atoms. The average Bonchev–Trinajstić information content (AvgIpc) is 2.73. The van der Waals surface area contributed by atoms with Gasteiger partial charge >= 0.3 is 27.9 Å². The Hall–Kier alpha value is -0.580. The van der Waals surface area contributed by atoms with Crippen LogP contribution in [0.25, 0.3) is 0 Å². The molecule has 0 radical (unpaired) electrons. The van der Waals surface area contributed by atoms with Gasteiger partial charge in [-0.1, -0.05) is 13.3 Å². The van der Waals surface area contributed by atoms with Gasteiger partial charge in [-0.3, -0.25) is 4.74 Å². The summed E-state index contributed by atoms with van der Waals surface area (Å²) in [7, 11) is 0. The van der Waals surface area contributed by atoms with Crippen LogP contribution in [-0.2, 0) is 19.1 Å². The maximum atomic E-state index is 13.1. The van der Waals surface area contributed by atoms with Crippen LogP contribution in [0.3, 0.4) is 0 Å². The predicted octanol–water partition coefficient (Wildman–Crippen LogP) is 3.16. The van der Waals surface area contributed by atoms with Gasteiger partial charge in [0.15, 0.2) is 6.61 Å². The first kappa shape index (κ1) is 18.5. The van der Waals surface area contributed by atoms with Crippen LogP contribution < -0.4 is 0 Å². The quantitative estimate of drug-likeness (QED) is 0.288. The van der Waals surface area contributed by atoms with Gasteiger partial charge in [0.2, 0.25) is 0 Å². The normalized spacial score (nSPS) is 22.1. The van der Waals surface area contributed by atoms with Gasteiger partial charge in [-0.25, -0.2) is 0 Å². The Bertz CT molecular complexity index is 362. The van der Waals surface area contributed by atoms with Crippen molar-refractivity contribution in [3.8, 4) is 0 Å². The summed E-state index contributed by atoms with van der Waals surface area (Å²) in [5.41, 5.74) is 0. The van der Waals surface area contributed by atoms with Crippen molar-refractivity contribution in [2.45, 2.75) is 42.6 Å². The zero-order chi connectivity index (χ0) is 16.3. The maximum Gasteiger partial charge on any atom is 0.480 e. The van der Waals surface area contributed by atoms with Crippen molar-refractivity contribution in [2.75, 3.05) is 13.2 Å². The van der Waals surface area contributed by atoms with E-state index in [0.717, 1.165) is 6.42 Å². The number of hydrogen-bond acceptors (Lipinski definition) is 5. The molecular formula is C9H12Cl2F4NO5+. The summed E-state index contributed by atoms with van der Waals surface area (Å²) in [6.07, 6.45) is -0.650. The van der Waals surface area contributed by atoms with Crippen LogP contribution in [0.4, 0.5) is 17.6 Å². The number of alkyl halides is 6. The third kappa shape index (κ3) is 4.21. The fourth-order valence-electron chi connectivity index (χ4n) is 1.36. The highest BCUT2D eigenvalue weighted by molar-refractivity contribution is 6.26. The van der Waals surface area contributed by atoms with Gasteiger partial charge in [0, 0.05) is 0 Å². The monoisotopic (exact) mass is 360 g/mol. The van der Waals surface area contributed by atoms with E-state index in [2.05, 4.69) is 42.4 Å². The summed E-state index contributed by atoms with van der Waals surface area (Å²) in [4.78, 5) is 19.9. The number of ether oxygens (including phenoxy) is 2.